The van der Waals surface area contributed by atoms with E-state index in [2.05, 4.69) is 211 Å². The Morgan fingerprint density at radius 1 is 0.328 bits per heavy atom. The molecule has 10 aromatic carbocycles. The van der Waals surface area contributed by atoms with E-state index in [0.29, 0.717) is 0 Å². The van der Waals surface area contributed by atoms with Gasteiger partial charge in [-0.2, -0.15) is 0 Å². The Hall–Kier alpha value is -7.59. The minimum absolute atomic E-state index is 0.245. The van der Waals surface area contributed by atoms with Crippen molar-refractivity contribution >= 4 is 59.3 Å². The zero-order valence-electron chi connectivity index (χ0n) is 33.2. The molecule has 0 unspecified atom stereocenters. The Bertz CT molecular complexity index is 3340. The molecule has 0 amide bonds. The first-order valence-electron chi connectivity index (χ1n) is 20.6. The molecule has 0 N–H and O–H groups in total. The second-order valence-electron chi connectivity index (χ2n) is 15.4. The largest absolute Gasteiger partial charge is 0.309 e. The molecule has 11 rings (SSSR count). The van der Waals surface area contributed by atoms with Crippen LogP contribution >= 0.6 is 11.3 Å². The predicted molar refractivity (Wildman–Crippen MR) is 259 cm³/mol. The van der Waals surface area contributed by atoms with Gasteiger partial charge in [0.1, 0.15) is 5.82 Å². The molecule has 1 aromatic heterocycles. The van der Waals surface area contributed by atoms with Crippen LogP contribution in [-0.4, -0.2) is 0 Å². The smallest absolute Gasteiger partial charge is 0.123 e. The third-order valence-electron chi connectivity index (χ3n) is 11.8. The van der Waals surface area contributed by atoms with Crippen molar-refractivity contribution in [3.05, 3.63) is 236 Å². The zero-order chi connectivity index (χ0) is 40.7. The Balaban J connectivity index is 1.10. The number of nitrogens with zero attached hydrogens (tertiary/aromatic N) is 1. The van der Waals surface area contributed by atoms with Gasteiger partial charge in [-0.05, 0) is 97.7 Å². The highest BCUT2D eigenvalue weighted by molar-refractivity contribution is 7.26. The number of para-hydroxylation sites is 2. The topological polar surface area (TPSA) is 3.24 Å². The van der Waals surface area contributed by atoms with Gasteiger partial charge in [-0.15, -0.1) is 11.3 Å². The van der Waals surface area contributed by atoms with E-state index >= 15 is 0 Å². The van der Waals surface area contributed by atoms with Gasteiger partial charge >= 0.3 is 0 Å². The first-order chi connectivity index (χ1) is 30.2. The molecule has 0 atom stereocenters. The summed E-state index contributed by atoms with van der Waals surface area (Å²) in [7, 11) is 0. The number of rotatable bonds is 8. The molecule has 0 saturated carbocycles. The van der Waals surface area contributed by atoms with Gasteiger partial charge in [0, 0.05) is 37.0 Å². The normalized spacial score (nSPS) is 11.4. The standard InChI is InChI=1S/C58H38FNS/c59-45-35-31-42(32-36-45)48-20-10-15-44-16-11-22-52(57(44)48)50-18-5-8-25-55(50)60(54-24-7-4-17-47(54)41-29-27-40(28-30-41)39-13-2-1-3-14-39)46-37-33-43(34-38-46)49-21-12-23-53-51-19-6-9-26-56(51)61-58(49)53/h1-38H. The Morgan fingerprint density at radius 2 is 0.820 bits per heavy atom. The quantitative estimate of drug-likeness (QED) is 0.148. The maximum Gasteiger partial charge on any atom is 0.123 e. The zero-order valence-corrected chi connectivity index (χ0v) is 34.0. The van der Waals surface area contributed by atoms with Gasteiger partial charge in [-0.3, -0.25) is 0 Å². The molecule has 0 radical (unpaired) electrons. The van der Waals surface area contributed by atoms with E-state index in [1.165, 1.54) is 42.4 Å². The van der Waals surface area contributed by atoms with Gasteiger partial charge in [0.05, 0.1) is 11.4 Å². The van der Waals surface area contributed by atoms with Gasteiger partial charge in [-0.1, -0.05) is 188 Å². The lowest BCUT2D eigenvalue weighted by atomic mass is 9.90. The van der Waals surface area contributed by atoms with Gasteiger partial charge in [0.15, 0.2) is 0 Å². The minimum Gasteiger partial charge on any atom is -0.309 e. The fourth-order valence-corrected chi connectivity index (χ4v) is 10.1. The number of anilines is 3. The average Bonchev–Trinajstić information content (AvgIpc) is 3.72. The highest BCUT2D eigenvalue weighted by atomic mass is 32.1. The highest BCUT2D eigenvalue weighted by Gasteiger charge is 2.22. The predicted octanol–water partition coefficient (Wildman–Crippen LogP) is 17.2. The van der Waals surface area contributed by atoms with E-state index in [1.54, 1.807) is 12.1 Å². The van der Waals surface area contributed by atoms with Crippen molar-refractivity contribution in [1.82, 2.24) is 0 Å². The van der Waals surface area contributed by atoms with Gasteiger partial charge in [0.25, 0.3) is 0 Å². The van der Waals surface area contributed by atoms with Crippen LogP contribution in [0.15, 0.2) is 231 Å². The van der Waals surface area contributed by atoms with E-state index in [1.807, 2.05) is 23.5 Å². The first-order valence-corrected chi connectivity index (χ1v) is 21.4. The Labute approximate surface area is 358 Å². The van der Waals surface area contributed by atoms with Crippen LogP contribution in [0.25, 0.3) is 86.6 Å². The SMILES string of the molecule is Fc1ccc(-c2cccc3cccc(-c4ccccc4N(c4ccc(-c5cccc6c5sc5ccccc56)cc4)c4ccccc4-c4ccc(-c5ccccc5)cc4)c23)cc1. The lowest BCUT2D eigenvalue weighted by molar-refractivity contribution is 0.628. The molecular weight excluding hydrogens is 762 g/mol. The van der Waals surface area contributed by atoms with Gasteiger partial charge < -0.3 is 4.90 Å². The summed E-state index contributed by atoms with van der Waals surface area (Å²) in [4.78, 5) is 2.42. The number of fused-ring (bicyclic) bond motifs is 4. The van der Waals surface area contributed by atoms with Crippen LogP contribution < -0.4 is 4.90 Å². The molecule has 0 aliphatic heterocycles. The van der Waals surface area contributed by atoms with Crippen molar-refractivity contribution < 1.29 is 4.39 Å². The number of benzene rings is 10. The van der Waals surface area contributed by atoms with Crippen molar-refractivity contribution in [2.75, 3.05) is 4.90 Å². The van der Waals surface area contributed by atoms with Crippen molar-refractivity contribution in [3.8, 4) is 55.6 Å². The third kappa shape index (κ3) is 6.66. The maximum absolute atomic E-state index is 14.2. The van der Waals surface area contributed by atoms with Gasteiger partial charge in [-0.25, -0.2) is 4.39 Å². The van der Waals surface area contributed by atoms with Crippen LogP contribution in [0.1, 0.15) is 0 Å². The van der Waals surface area contributed by atoms with Crippen LogP contribution in [0.4, 0.5) is 21.5 Å². The fourth-order valence-electron chi connectivity index (χ4n) is 8.89. The second kappa shape index (κ2) is 15.5. The fraction of sp³-hybridized carbons (Fsp3) is 0. The van der Waals surface area contributed by atoms with Crippen LogP contribution in [-0.2, 0) is 0 Å². The number of hydrogen-bond acceptors (Lipinski definition) is 2. The molecule has 1 nitrogen and oxygen atoms in total. The maximum atomic E-state index is 14.2. The van der Waals surface area contributed by atoms with Crippen LogP contribution in [0, 0.1) is 5.82 Å². The number of thiophene rings is 1. The summed E-state index contributed by atoms with van der Waals surface area (Å²) in [6, 6.07) is 81.0. The van der Waals surface area contributed by atoms with Crippen LogP contribution in [0.2, 0.25) is 0 Å². The summed E-state index contributed by atoms with van der Waals surface area (Å²) in [5, 5.41) is 4.84. The monoisotopic (exact) mass is 799 g/mol. The molecule has 1 heterocycles. The first kappa shape index (κ1) is 36.5. The Kier molecular flexibility index (Phi) is 9.30. The molecule has 0 fully saturated rings. The van der Waals surface area contributed by atoms with Crippen molar-refractivity contribution in [2.45, 2.75) is 0 Å². The van der Waals surface area contributed by atoms with Crippen molar-refractivity contribution in [3.63, 3.8) is 0 Å². The molecular formula is C58H38FNS. The molecule has 0 spiro atoms. The van der Waals surface area contributed by atoms with Crippen LogP contribution in [0.3, 0.4) is 0 Å². The Morgan fingerprint density at radius 3 is 1.59 bits per heavy atom. The molecule has 0 aliphatic rings. The van der Waals surface area contributed by atoms with E-state index in [0.717, 1.165) is 61.2 Å². The van der Waals surface area contributed by atoms with Gasteiger partial charge in [0.2, 0.25) is 0 Å². The molecule has 0 aliphatic carbocycles. The van der Waals surface area contributed by atoms with Crippen molar-refractivity contribution in [1.29, 1.82) is 0 Å². The summed E-state index contributed by atoms with van der Waals surface area (Å²) in [5.74, 6) is -0.245. The summed E-state index contributed by atoms with van der Waals surface area (Å²) in [6.45, 7) is 0. The molecule has 0 saturated heterocycles. The van der Waals surface area contributed by atoms with Crippen LogP contribution in [0.5, 0.6) is 0 Å². The molecule has 11 aromatic rings. The lowest BCUT2D eigenvalue weighted by Gasteiger charge is -2.30. The van der Waals surface area contributed by atoms with E-state index < -0.39 is 0 Å². The molecule has 3 heteroatoms. The molecule has 288 valence electrons. The summed E-state index contributed by atoms with van der Waals surface area (Å²) in [6.07, 6.45) is 0. The van der Waals surface area contributed by atoms with Crippen molar-refractivity contribution in [2.24, 2.45) is 0 Å². The minimum atomic E-state index is -0.245. The average molecular weight is 800 g/mol. The lowest BCUT2D eigenvalue weighted by Crippen LogP contribution is -2.12. The summed E-state index contributed by atoms with van der Waals surface area (Å²) in [5.41, 5.74) is 14.5. The van der Waals surface area contributed by atoms with E-state index in [9.17, 15) is 4.39 Å². The molecule has 61 heavy (non-hydrogen) atoms. The summed E-state index contributed by atoms with van der Waals surface area (Å²) < 4.78 is 16.8. The van der Waals surface area contributed by atoms with E-state index in [4.69, 9.17) is 0 Å². The number of hydrogen-bond donors (Lipinski definition) is 0. The molecule has 0 bridgehead atoms. The van der Waals surface area contributed by atoms with E-state index in [-0.39, 0.29) is 5.82 Å². The summed E-state index contributed by atoms with van der Waals surface area (Å²) >= 11 is 1.86. The third-order valence-corrected chi connectivity index (χ3v) is 13.0. The second-order valence-corrected chi connectivity index (χ2v) is 16.4. The highest BCUT2D eigenvalue weighted by Crippen LogP contribution is 2.48. The number of halogens is 1.